The fraction of sp³-hybridized carbons (Fsp3) is 0.875. The van der Waals surface area contributed by atoms with Crippen molar-refractivity contribution < 1.29 is 9.26 Å². The van der Waals surface area contributed by atoms with Gasteiger partial charge in [0, 0.05) is 13.2 Å². The van der Waals surface area contributed by atoms with Gasteiger partial charge in [0.05, 0.1) is 6.04 Å². The van der Waals surface area contributed by atoms with Crippen molar-refractivity contribution in [2.45, 2.75) is 76.5 Å². The molecule has 118 valence electrons. The van der Waals surface area contributed by atoms with Gasteiger partial charge in [0.2, 0.25) is 11.7 Å². The van der Waals surface area contributed by atoms with Crippen LogP contribution in [0.2, 0.25) is 0 Å². The summed E-state index contributed by atoms with van der Waals surface area (Å²) in [6, 6.07) is 0.867. The number of aromatic nitrogens is 2. The largest absolute Gasteiger partial charge is 0.373 e. The van der Waals surface area contributed by atoms with Crippen molar-refractivity contribution in [3.63, 3.8) is 0 Å². The highest BCUT2D eigenvalue weighted by molar-refractivity contribution is 5.00. The van der Waals surface area contributed by atoms with Gasteiger partial charge in [0.1, 0.15) is 6.10 Å². The van der Waals surface area contributed by atoms with Crippen LogP contribution in [0.5, 0.6) is 0 Å². The molecule has 0 spiro atoms. The Morgan fingerprint density at radius 2 is 2.14 bits per heavy atom. The van der Waals surface area contributed by atoms with Gasteiger partial charge in [-0.15, -0.1) is 0 Å². The third-order valence-electron chi connectivity index (χ3n) is 5.03. The Morgan fingerprint density at radius 1 is 1.29 bits per heavy atom. The molecule has 2 aliphatic rings. The van der Waals surface area contributed by atoms with Crippen LogP contribution >= 0.6 is 0 Å². The van der Waals surface area contributed by atoms with Gasteiger partial charge in [-0.2, -0.15) is 4.98 Å². The first-order chi connectivity index (χ1) is 10.3. The van der Waals surface area contributed by atoms with Crippen LogP contribution in [0.25, 0.3) is 0 Å². The molecule has 4 unspecified atom stereocenters. The predicted octanol–water partition coefficient (Wildman–Crippen LogP) is 3.54. The van der Waals surface area contributed by atoms with E-state index >= 15 is 0 Å². The second kappa shape index (κ2) is 6.88. The highest BCUT2D eigenvalue weighted by atomic mass is 16.5. The summed E-state index contributed by atoms with van der Waals surface area (Å²) in [5, 5.41) is 7.87. The molecule has 1 saturated carbocycles. The molecule has 5 heteroatoms. The van der Waals surface area contributed by atoms with Crippen LogP contribution in [-0.2, 0) is 4.74 Å². The zero-order chi connectivity index (χ0) is 14.7. The van der Waals surface area contributed by atoms with Crippen LogP contribution < -0.4 is 5.32 Å². The van der Waals surface area contributed by atoms with E-state index in [9.17, 15) is 0 Å². The van der Waals surface area contributed by atoms with Crippen LogP contribution in [0.15, 0.2) is 4.52 Å². The number of methoxy groups -OCH3 is 1. The van der Waals surface area contributed by atoms with E-state index in [0.717, 1.165) is 31.1 Å². The fourth-order valence-corrected chi connectivity index (χ4v) is 3.82. The summed E-state index contributed by atoms with van der Waals surface area (Å²) in [5.41, 5.74) is 0. The maximum Gasteiger partial charge on any atom is 0.243 e. The minimum Gasteiger partial charge on any atom is -0.373 e. The summed E-state index contributed by atoms with van der Waals surface area (Å²) in [6.07, 6.45) is 9.73. The van der Waals surface area contributed by atoms with Gasteiger partial charge in [0.15, 0.2) is 0 Å². The summed E-state index contributed by atoms with van der Waals surface area (Å²) in [6.45, 7) is 2.14. The van der Waals surface area contributed by atoms with Gasteiger partial charge in [-0.3, -0.25) is 0 Å². The molecule has 21 heavy (non-hydrogen) atoms. The van der Waals surface area contributed by atoms with Crippen LogP contribution in [0.3, 0.4) is 0 Å². The molecular weight excluding hydrogens is 266 g/mol. The van der Waals surface area contributed by atoms with E-state index in [1.54, 1.807) is 7.11 Å². The number of nitrogens with one attached hydrogen (secondary N) is 1. The maximum absolute atomic E-state index is 5.51. The van der Waals surface area contributed by atoms with Crippen molar-refractivity contribution in [3.8, 4) is 0 Å². The molecule has 2 fully saturated rings. The second-order valence-corrected chi connectivity index (χ2v) is 6.45. The smallest absolute Gasteiger partial charge is 0.243 e. The number of ether oxygens (including phenoxy) is 1. The van der Waals surface area contributed by atoms with Gasteiger partial charge in [-0.05, 0) is 38.0 Å². The van der Waals surface area contributed by atoms with Gasteiger partial charge in [-0.1, -0.05) is 31.3 Å². The van der Waals surface area contributed by atoms with E-state index in [-0.39, 0.29) is 12.1 Å². The molecule has 0 amide bonds. The zero-order valence-electron chi connectivity index (χ0n) is 13.2. The monoisotopic (exact) mass is 293 g/mol. The van der Waals surface area contributed by atoms with E-state index in [4.69, 9.17) is 9.26 Å². The van der Waals surface area contributed by atoms with Crippen LogP contribution in [0.1, 0.15) is 82.2 Å². The molecule has 1 aliphatic heterocycles. The van der Waals surface area contributed by atoms with Gasteiger partial charge >= 0.3 is 0 Å². The van der Waals surface area contributed by atoms with E-state index in [0.29, 0.717) is 11.9 Å². The van der Waals surface area contributed by atoms with Crippen molar-refractivity contribution in [2.24, 2.45) is 5.92 Å². The summed E-state index contributed by atoms with van der Waals surface area (Å²) >= 11 is 0. The molecule has 3 rings (SSSR count). The number of hydrogen-bond acceptors (Lipinski definition) is 5. The van der Waals surface area contributed by atoms with Crippen molar-refractivity contribution in [1.29, 1.82) is 0 Å². The second-order valence-electron chi connectivity index (χ2n) is 6.45. The molecule has 1 saturated heterocycles. The lowest BCUT2D eigenvalue weighted by atomic mass is 9.78. The average molecular weight is 293 g/mol. The van der Waals surface area contributed by atoms with Gasteiger partial charge in [-0.25, -0.2) is 0 Å². The minimum absolute atomic E-state index is 0.0430. The van der Waals surface area contributed by atoms with E-state index in [1.807, 2.05) is 0 Å². The molecule has 1 N–H and O–H groups in total. The third-order valence-corrected chi connectivity index (χ3v) is 5.03. The molecule has 2 heterocycles. The van der Waals surface area contributed by atoms with E-state index in [1.165, 1.54) is 32.1 Å². The quantitative estimate of drug-likeness (QED) is 0.899. The topological polar surface area (TPSA) is 60.2 Å². The molecule has 0 aromatic carbocycles. The lowest BCUT2D eigenvalue weighted by molar-refractivity contribution is 0.0854. The zero-order valence-corrected chi connectivity index (χ0v) is 13.2. The first-order valence-corrected chi connectivity index (χ1v) is 8.44. The summed E-state index contributed by atoms with van der Waals surface area (Å²) in [4.78, 5) is 4.60. The minimum atomic E-state index is -0.0430. The van der Waals surface area contributed by atoms with Crippen molar-refractivity contribution >= 4 is 0 Å². The Balaban J connectivity index is 1.65. The average Bonchev–Trinajstić information content (AvgIpc) is 3.02. The highest BCUT2D eigenvalue weighted by Gasteiger charge is 2.34. The molecular formula is C16H27N3O2. The standard InChI is InChI=1S/C16H27N3O2/c1-3-6-14(20-2)15-18-16(21-19-15)13-10-9-11-7-4-5-8-12(11)17-13/h11-14,17H,3-10H2,1-2H3. The molecule has 1 aliphatic carbocycles. The van der Waals surface area contributed by atoms with Crippen molar-refractivity contribution in [2.75, 3.05) is 7.11 Å². The number of rotatable bonds is 5. The number of piperidine rings is 1. The Labute approximate surface area is 126 Å². The Hall–Kier alpha value is -0.940. The molecule has 0 bridgehead atoms. The van der Waals surface area contributed by atoms with Gasteiger partial charge < -0.3 is 14.6 Å². The first-order valence-electron chi connectivity index (χ1n) is 8.44. The Morgan fingerprint density at radius 3 is 2.95 bits per heavy atom. The van der Waals surface area contributed by atoms with Crippen molar-refractivity contribution in [1.82, 2.24) is 15.5 Å². The van der Waals surface area contributed by atoms with E-state index in [2.05, 4.69) is 22.4 Å². The highest BCUT2D eigenvalue weighted by Crippen LogP contribution is 2.36. The third kappa shape index (κ3) is 3.29. The van der Waals surface area contributed by atoms with Gasteiger partial charge in [0.25, 0.3) is 0 Å². The van der Waals surface area contributed by atoms with Crippen LogP contribution in [0.4, 0.5) is 0 Å². The molecule has 1 aromatic heterocycles. The predicted molar refractivity (Wildman–Crippen MR) is 79.8 cm³/mol. The fourth-order valence-electron chi connectivity index (χ4n) is 3.82. The van der Waals surface area contributed by atoms with Crippen molar-refractivity contribution in [3.05, 3.63) is 11.7 Å². The Bertz CT molecular complexity index is 448. The maximum atomic E-state index is 5.51. The van der Waals surface area contributed by atoms with Crippen LogP contribution in [0, 0.1) is 5.92 Å². The first kappa shape index (κ1) is 15.0. The summed E-state index contributed by atoms with van der Waals surface area (Å²) in [5.74, 6) is 2.29. The molecule has 4 atom stereocenters. The Kier molecular flexibility index (Phi) is 4.91. The normalized spacial score (nSPS) is 30.9. The summed E-state index contributed by atoms with van der Waals surface area (Å²) < 4.78 is 11.0. The SMILES string of the molecule is CCCC(OC)c1noc(C2CCC3CCCCC3N2)n1. The lowest BCUT2D eigenvalue weighted by Gasteiger charge is -2.39. The van der Waals surface area contributed by atoms with E-state index < -0.39 is 0 Å². The summed E-state index contributed by atoms with van der Waals surface area (Å²) in [7, 11) is 1.71. The van der Waals surface area contributed by atoms with Crippen LogP contribution in [-0.4, -0.2) is 23.3 Å². The molecule has 1 aromatic rings. The molecule has 5 nitrogen and oxygen atoms in total. The molecule has 0 radical (unpaired) electrons. The number of nitrogens with zero attached hydrogens (tertiary/aromatic N) is 2. The lowest BCUT2D eigenvalue weighted by Crippen LogP contribution is -2.44. The number of hydrogen-bond donors (Lipinski definition) is 1. The number of fused-ring (bicyclic) bond motifs is 1.